The van der Waals surface area contributed by atoms with Crippen molar-refractivity contribution in [2.75, 3.05) is 0 Å². The number of nitrogens with zero attached hydrogens (tertiary/aromatic N) is 8. The molecule has 2 heterocycles. The molecule has 0 saturated heterocycles. The molecule has 8 heteroatoms. The first-order valence-electron chi connectivity index (χ1n) is 36.0. The third-order valence-corrected chi connectivity index (χ3v) is 20.9. The molecule has 0 radical (unpaired) electrons. The van der Waals surface area contributed by atoms with Gasteiger partial charge in [-0.3, -0.25) is 0 Å². The van der Waals surface area contributed by atoms with Gasteiger partial charge in [-0.25, -0.2) is 39.6 Å². The Morgan fingerprint density at radius 1 is 0.176 bits per heavy atom. The Morgan fingerprint density at radius 3 is 0.722 bits per heavy atom. The van der Waals surface area contributed by atoms with Crippen LogP contribution in [0.1, 0.15) is 44.5 Å². The molecule has 2 aliphatic rings. The predicted molar refractivity (Wildman–Crippen MR) is 436 cm³/mol. The van der Waals surface area contributed by atoms with E-state index in [2.05, 4.69) is 283 Å². The molecule has 0 bridgehead atoms. The van der Waals surface area contributed by atoms with Crippen LogP contribution in [0.15, 0.2) is 388 Å². The molecule has 19 rings (SSSR count). The van der Waals surface area contributed by atoms with Crippen molar-refractivity contribution >= 4 is 11.4 Å². The lowest BCUT2D eigenvalue weighted by Gasteiger charge is -2.34. The summed E-state index contributed by atoms with van der Waals surface area (Å²) in [5.74, 6) is 3.76. The maximum Gasteiger partial charge on any atom is 0.187 e. The molecule has 108 heavy (non-hydrogen) atoms. The molecule has 0 amide bonds. The van der Waals surface area contributed by atoms with Gasteiger partial charge in [0, 0.05) is 33.4 Å². The first-order valence-corrected chi connectivity index (χ1v) is 36.0. The number of rotatable bonds is 13. The van der Waals surface area contributed by atoms with Crippen molar-refractivity contribution in [3.05, 3.63) is 456 Å². The normalized spacial score (nSPS) is 12.4. The zero-order valence-corrected chi connectivity index (χ0v) is 58.5. The SMILES string of the molecule is [C-]#[N+]c1ccc2c(c1)-c1cc(-c3ccc(-c4nc(-c5ccccc5)nc(-c5ccccc5)n4)cc3)ccc1C2(c1ccccc1)c1ccccc1.[C-]#[N+]c1ccc2c(c1)-c1cc(-c3ccc(-c4nc(-c5ccccc5)nc(-c5ccccc5-c5ccccc5)n4)cc3)ccc1C2(c1ccccc1)c1ccccc1. The van der Waals surface area contributed by atoms with Gasteiger partial charge in [-0.1, -0.05) is 364 Å². The van der Waals surface area contributed by atoms with Crippen molar-refractivity contribution in [3.63, 3.8) is 0 Å². The van der Waals surface area contributed by atoms with Crippen LogP contribution in [0.5, 0.6) is 0 Å². The van der Waals surface area contributed by atoms with Crippen LogP contribution in [0, 0.1) is 13.1 Å². The van der Waals surface area contributed by atoms with Gasteiger partial charge in [-0.05, 0) is 124 Å². The van der Waals surface area contributed by atoms with Crippen LogP contribution in [0.2, 0.25) is 0 Å². The molecule has 0 unspecified atom stereocenters. The molecular formula is C100H64N8. The van der Waals surface area contributed by atoms with E-state index in [1.54, 1.807) is 0 Å². The molecule has 17 aromatic rings. The Labute approximate surface area is 627 Å². The Hall–Kier alpha value is -14.7. The van der Waals surface area contributed by atoms with Crippen LogP contribution >= 0.6 is 0 Å². The minimum atomic E-state index is -0.526. The van der Waals surface area contributed by atoms with Gasteiger partial charge in [0.2, 0.25) is 0 Å². The van der Waals surface area contributed by atoms with Crippen molar-refractivity contribution in [1.82, 2.24) is 29.9 Å². The second kappa shape index (κ2) is 28.2. The summed E-state index contributed by atoms with van der Waals surface area (Å²) in [6.45, 7) is 15.7. The topological polar surface area (TPSA) is 86.1 Å². The van der Waals surface area contributed by atoms with Crippen molar-refractivity contribution in [3.8, 4) is 124 Å². The van der Waals surface area contributed by atoms with E-state index < -0.39 is 10.8 Å². The van der Waals surface area contributed by atoms with Crippen molar-refractivity contribution < 1.29 is 0 Å². The minimum Gasteiger partial charge on any atom is -0.238 e. The number of aromatic nitrogens is 6. The molecule has 15 aromatic carbocycles. The number of fused-ring (bicyclic) bond motifs is 6. The Balaban J connectivity index is 0.000000153. The minimum absolute atomic E-state index is 0.512. The molecule has 2 aliphatic carbocycles. The maximum atomic E-state index is 7.87. The van der Waals surface area contributed by atoms with Crippen LogP contribution in [-0.4, -0.2) is 29.9 Å². The lowest BCUT2D eigenvalue weighted by molar-refractivity contribution is 0.768. The van der Waals surface area contributed by atoms with Crippen LogP contribution in [0.4, 0.5) is 11.4 Å². The molecule has 504 valence electrons. The highest BCUT2D eigenvalue weighted by molar-refractivity contribution is 5.93. The van der Waals surface area contributed by atoms with Crippen molar-refractivity contribution in [1.29, 1.82) is 0 Å². The monoisotopic (exact) mass is 1380 g/mol. The number of hydrogen-bond donors (Lipinski definition) is 0. The van der Waals surface area contributed by atoms with E-state index in [1.807, 2.05) is 115 Å². The summed E-state index contributed by atoms with van der Waals surface area (Å²) in [5, 5.41) is 0. The molecule has 0 spiro atoms. The van der Waals surface area contributed by atoms with Crippen LogP contribution < -0.4 is 0 Å². The summed E-state index contributed by atoms with van der Waals surface area (Å²) < 4.78 is 0. The third-order valence-electron chi connectivity index (χ3n) is 20.9. The fourth-order valence-corrected chi connectivity index (χ4v) is 15.9. The third kappa shape index (κ3) is 11.7. The van der Waals surface area contributed by atoms with Gasteiger partial charge in [0.1, 0.15) is 0 Å². The van der Waals surface area contributed by atoms with Crippen molar-refractivity contribution in [2.24, 2.45) is 0 Å². The largest absolute Gasteiger partial charge is 0.238 e. The maximum absolute atomic E-state index is 7.87. The highest BCUT2D eigenvalue weighted by Gasteiger charge is 2.48. The highest BCUT2D eigenvalue weighted by atomic mass is 15.0. The summed E-state index contributed by atoms with van der Waals surface area (Å²) in [6, 6.07) is 135. The zero-order chi connectivity index (χ0) is 72.4. The van der Waals surface area contributed by atoms with Gasteiger partial charge in [-0.2, -0.15) is 0 Å². The lowest BCUT2D eigenvalue weighted by atomic mass is 9.67. The van der Waals surface area contributed by atoms with Crippen LogP contribution in [0.3, 0.4) is 0 Å². The number of benzene rings is 15. The van der Waals surface area contributed by atoms with E-state index in [-0.39, 0.29) is 0 Å². The quantitative estimate of drug-likeness (QED) is 0.107. The van der Waals surface area contributed by atoms with E-state index in [0.717, 1.165) is 89.0 Å². The molecule has 0 atom stereocenters. The highest BCUT2D eigenvalue weighted by Crippen LogP contribution is 2.59. The van der Waals surface area contributed by atoms with E-state index in [0.29, 0.717) is 46.3 Å². The van der Waals surface area contributed by atoms with Crippen molar-refractivity contribution in [2.45, 2.75) is 10.8 Å². The fourth-order valence-electron chi connectivity index (χ4n) is 15.9. The fraction of sp³-hybridized carbons (Fsp3) is 0.0200. The van der Waals surface area contributed by atoms with E-state index in [1.165, 1.54) is 44.5 Å². The molecule has 0 fully saturated rings. The average Bonchev–Trinajstić information content (AvgIpc) is 1.54. The second-order valence-corrected chi connectivity index (χ2v) is 26.9. The van der Waals surface area contributed by atoms with Gasteiger partial charge >= 0.3 is 0 Å². The molecule has 0 saturated carbocycles. The summed E-state index contributed by atoms with van der Waals surface area (Å²) in [6.07, 6.45) is 0. The Morgan fingerprint density at radius 2 is 0.407 bits per heavy atom. The summed E-state index contributed by atoms with van der Waals surface area (Å²) in [5.41, 5.74) is 26.4. The first kappa shape index (κ1) is 65.3. The van der Waals surface area contributed by atoms with Gasteiger partial charge in [0.05, 0.1) is 24.0 Å². The predicted octanol–water partition coefficient (Wildman–Crippen LogP) is 24.6. The summed E-state index contributed by atoms with van der Waals surface area (Å²) in [4.78, 5) is 37.5. The molecule has 8 nitrogen and oxygen atoms in total. The summed E-state index contributed by atoms with van der Waals surface area (Å²) >= 11 is 0. The van der Waals surface area contributed by atoms with E-state index >= 15 is 0 Å². The molecule has 0 aliphatic heterocycles. The van der Waals surface area contributed by atoms with Gasteiger partial charge in [0.15, 0.2) is 46.3 Å². The van der Waals surface area contributed by atoms with E-state index in [9.17, 15) is 0 Å². The average molecular weight is 1380 g/mol. The number of hydrogen-bond acceptors (Lipinski definition) is 6. The Bertz CT molecular complexity index is 6130. The standard InChI is InChI=1S/C53H34N4.C47H30N4/c1-54-43-31-33-49-47(35-43)46-34-40(30-32-48(46)53(49,41-20-10-4-11-21-41)42-22-12-5-13-23-42)36-26-28-39(29-27-36)51-55-50(38-18-8-3-9-19-38)56-52(57-51)45-25-15-14-24-44(45)37-16-6-2-7-17-37;1-48-39-27-29-43-41(31-39)40-30-36(26-28-42(40)47(43,37-18-10-4-11-19-37)38-20-12-5-13-21-38)32-22-24-35(25-23-32)46-50-44(33-14-6-2-7-15-33)49-45(51-46)34-16-8-3-9-17-34/h2-35H;2-31H. The Kier molecular flexibility index (Phi) is 17.0. The van der Waals surface area contributed by atoms with Gasteiger partial charge < -0.3 is 0 Å². The van der Waals surface area contributed by atoms with E-state index in [4.69, 9.17) is 43.0 Å². The lowest BCUT2D eigenvalue weighted by Crippen LogP contribution is -2.28. The van der Waals surface area contributed by atoms with Crippen LogP contribution in [0.25, 0.3) is 134 Å². The molecular weight excluding hydrogens is 1310 g/mol. The smallest absolute Gasteiger partial charge is 0.187 e. The molecule has 2 aromatic heterocycles. The second-order valence-electron chi connectivity index (χ2n) is 26.9. The van der Waals surface area contributed by atoms with Gasteiger partial charge in [0.25, 0.3) is 0 Å². The molecule has 0 N–H and O–H groups in total. The first-order chi connectivity index (χ1) is 53.4. The summed E-state index contributed by atoms with van der Waals surface area (Å²) in [7, 11) is 0. The van der Waals surface area contributed by atoms with Gasteiger partial charge in [-0.15, -0.1) is 0 Å². The van der Waals surface area contributed by atoms with Crippen LogP contribution in [-0.2, 0) is 10.8 Å². The zero-order valence-electron chi connectivity index (χ0n) is 58.5.